The first kappa shape index (κ1) is 8.27. The molecule has 12 heavy (non-hydrogen) atoms. The Balaban J connectivity index is 1.41. The Labute approximate surface area is 74.4 Å². The van der Waals surface area contributed by atoms with Crippen LogP contribution in [0.15, 0.2) is 12.2 Å². The summed E-state index contributed by atoms with van der Waals surface area (Å²) in [5.74, 6) is 0. The third kappa shape index (κ3) is 3.37. The SMILES string of the molecule is C(=CCNC1CC1)CNC1CC1. The summed E-state index contributed by atoms with van der Waals surface area (Å²) in [7, 11) is 0. The maximum Gasteiger partial charge on any atom is 0.0137 e. The molecule has 0 aromatic rings. The molecule has 2 fully saturated rings. The third-order valence-electron chi connectivity index (χ3n) is 2.37. The van der Waals surface area contributed by atoms with Crippen molar-refractivity contribution in [3.05, 3.63) is 12.2 Å². The molecule has 0 saturated heterocycles. The highest BCUT2D eigenvalue weighted by Gasteiger charge is 2.19. The van der Waals surface area contributed by atoms with Crippen LogP contribution in [0.1, 0.15) is 25.7 Å². The summed E-state index contributed by atoms with van der Waals surface area (Å²) in [6.45, 7) is 2.11. The molecule has 0 amide bonds. The number of rotatable bonds is 6. The van der Waals surface area contributed by atoms with Gasteiger partial charge < -0.3 is 10.6 Å². The predicted molar refractivity (Wildman–Crippen MR) is 51.2 cm³/mol. The van der Waals surface area contributed by atoms with E-state index < -0.39 is 0 Å². The van der Waals surface area contributed by atoms with E-state index in [9.17, 15) is 0 Å². The van der Waals surface area contributed by atoms with Crippen molar-refractivity contribution in [2.24, 2.45) is 0 Å². The zero-order chi connectivity index (χ0) is 8.23. The number of hydrogen-bond acceptors (Lipinski definition) is 2. The molecule has 0 spiro atoms. The molecule has 0 bridgehead atoms. The van der Waals surface area contributed by atoms with Crippen LogP contribution < -0.4 is 10.6 Å². The Morgan fingerprint density at radius 1 is 0.833 bits per heavy atom. The van der Waals surface area contributed by atoms with Gasteiger partial charge in [-0.3, -0.25) is 0 Å². The van der Waals surface area contributed by atoms with Crippen molar-refractivity contribution in [3.8, 4) is 0 Å². The lowest BCUT2D eigenvalue weighted by atomic mass is 10.4. The Morgan fingerprint density at radius 3 is 1.58 bits per heavy atom. The molecule has 0 aromatic heterocycles. The van der Waals surface area contributed by atoms with Gasteiger partial charge in [-0.15, -0.1) is 0 Å². The summed E-state index contributed by atoms with van der Waals surface area (Å²) in [4.78, 5) is 0. The van der Waals surface area contributed by atoms with Crippen molar-refractivity contribution in [3.63, 3.8) is 0 Å². The fourth-order valence-corrected chi connectivity index (χ4v) is 1.21. The highest BCUT2D eigenvalue weighted by molar-refractivity contribution is 4.92. The van der Waals surface area contributed by atoms with E-state index in [0.717, 1.165) is 25.2 Å². The summed E-state index contributed by atoms with van der Waals surface area (Å²) in [5, 5.41) is 6.89. The Kier molecular flexibility index (Phi) is 2.79. The van der Waals surface area contributed by atoms with E-state index in [1.165, 1.54) is 25.7 Å². The molecule has 0 atom stereocenters. The summed E-state index contributed by atoms with van der Waals surface area (Å²) in [6.07, 6.45) is 9.99. The van der Waals surface area contributed by atoms with E-state index in [1.54, 1.807) is 0 Å². The first-order valence-electron chi connectivity index (χ1n) is 5.07. The van der Waals surface area contributed by atoms with Gasteiger partial charge in [0.25, 0.3) is 0 Å². The summed E-state index contributed by atoms with van der Waals surface area (Å²) in [5.41, 5.74) is 0. The molecule has 2 aliphatic carbocycles. The van der Waals surface area contributed by atoms with Gasteiger partial charge in [0.05, 0.1) is 0 Å². The van der Waals surface area contributed by atoms with Crippen LogP contribution in [0.2, 0.25) is 0 Å². The standard InChI is InChI=1S/C10H18N2/c1(7-11-9-3-4-9)2-8-12-10-5-6-10/h1-2,9-12H,3-8H2. The zero-order valence-electron chi connectivity index (χ0n) is 7.55. The fraction of sp³-hybridized carbons (Fsp3) is 0.800. The second kappa shape index (κ2) is 4.06. The van der Waals surface area contributed by atoms with Gasteiger partial charge in [0.2, 0.25) is 0 Å². The number of hydrogen-bond donors (Lipinski definition) is 2. The summed E-state index contributed by atoms with van der Waals surface area (Å²) < 4.78 is 0. The van der Waals surface area contributed by atoms with Crippen molar-refractivity contribution in [1.29, 1.82) is 0 Å². The lowest BCUT2D eigenvalue weighted by Crippen LogP contribution is -2.18. The molecule has 0 radical (unpaired) electrons. The molecule has 2 N–H and O–H groups in total. The summed E-state index contributed by atoms with van der Waals surface area (Å²) >= 11 is 0. The van der Waals surface area contributed by atoms with Crippen molar-refractivity contribution in [2.75, 3.05) is 13.1 Å². The van der Waals surface area contributed by atoms with Crippen LogP contribution in [-0.2, 0) is 0 Å². The second-order valence-electron chi connectivity index (χ2n) is 3.84. The van der Waals surface area contributed by atoms with Crippen molar-refractivity contribution in [1.82, 2.24) is 10.6 Å². The number of nitrogens with one attached hydrogen (secondary N) is 2. The minimum Gasteiger partial charge on any atom is -0.311 e. The maximum absolute atomic E-state index is 3.45. The first-order valence-corrected chi connectivity index (χ1v) is 5.07. The largest absolute Gasteiger partial charge is 0.311 e. The molecule has 0 aromatic carbocycles. The lowest BCUT2D eigenvalue weighted by Gasteiger charge is -1.96. The minimum atomic E-state index is 0.839. The van der Waals surface area contributed by atoms with Crippen molar-refractivity contribution >= 4 is 0 Å². The average molecular weight is 166 g/mol. The second-order valence-corrected chi connectivity index (χ2v) is 3.84. The van der Waals surface area contributed by atoms with Gasteiger partial charge in [-0.05, 0) is 25.7 Å². The lowest BCUT2D eigenvalue weighted by molar-refractivity contribution is 0.736. The fourth-order valence-electron chi connectivity index (χ4n) is 1.21. The molecule has 2 heteroatoms. The van der Waals surface area contributed by atoms with Gasteiger partial charge in [-0.1, -0.05) is 12.2 Å². The van der Waals surface area contributed by atoms with Gasteiger partial charge >= 0.3 is 0 Å². The molecule has 0 unspecified atom stereocenters. The van der Waals surface area contributed by atoms with E-state index >= 15 is 0 Å². The molecule has 2 saturated carbocycles. The first-order chi connectivity index (χ1) is 5.95. The Hall–Kier alpha value is -0.340. The van der Waals surface area contributed by atoms with Gasteiger partial charge in [-0.2, -0.15) is 0 Å². The van der Waals surface area contributed by atoms with Gasteiger partial charge in [0.1, 0.15) is 0 Å². The van der Waals surface area contributed by atoms with Gasteiger partial charge in [-0.25, -0.2) is 0 Å². The van der Waals surface area contributed by atoms with Gasteiger partial charge in [0.15, 0.2) is 0 Å². The highest BCUT2D eigenvalue weighted by Crippen LogP contribution is 2.18. The monoisotopic (exact) mass is 166 g/mol. The maximum atomic E-state index is 3.45. The highest BCUT2D eigenvalue weighted by atomic mass is 14.9. The molecular weight excluding hydrogens is 148 g/mol. The predicted octanol–water partition coefficient (Wildman–Crippen LogP) is 1.05. The molecule has 68 valence electrons. The minimum absolute atomic E-state index is 0.839. The smallest absolute Gasteiger partial charge is 0.0137 e. The summed E-state index contributed by atoms with van der Waals surface area (Å²) in [6, 6.07) is 1.68. The Bertz CT molecular complexity index is 139. The van der Waals surface area contributed by atoms with Crippen LogP contribution in [0.3, 0.4) is 0 Å². The molecule has 0 aliphatic heterocycles. The molecule has 0 heterocycles. The molecule has 2 aliphatic rings. The quantitative estimate of drug-likeness (QED) is 0.576. The van der Waals surface area contributed by atoms with Crippen molar-refractivity contribution in [2.45, 2.75) is 37.8 Å². The van der Waals surface area contributed by atoms with Crippen LogP contribution in [0.4, 0.5) is 0 Å². The van der Waals surface area contributed by atoms with Crippen LogP contribution in [0.25, 0.3) is 0 Å². The molecular formula is C10H18N2. The van der Waals surface area contributed by atoms with Crippen LogP contribution >= 0.6 is 0 Å². The van der Waals surface area contributed by atoms with E-state index in [2.05, 4.69) is 22.8 Å². The van der Waals surface area contributed by atoms with Gasteiger partial charge in [0, 0.05) is 25.2 Å². The van der Waals surface area contributed by atoms with Crippen LogP contribution in [0, 0.1) is 0 Å². The Morgan fingerprint density at radius 2 is 1.25 bits per heavy atom. The zero-order valence-corrected chi connectivity index (χ0v) is 7.55. The van der Waals surface area contributed by atoms with E-state index in [0.29, 0.717) is 0 Å². The van der Waals surface area contributed by atoms with E-state index in [-0.39, 0.29) is 0 Å². The van der Waals surface area contributed by atoms with Crippen LogP contribution in [0.5, 0.6) is 0 Å². The van der Waals surface area contributed by atoms with Crippen molar-refractivity contribution < 1.29 is 0 Å². The average Bonchev–Trinajstić information content (AvgIpc) is 2.89. The van der Waals surface area contributed by atoms with Crippen LogP contribution in [-0.4, -0.2) is 25.2 Å². The van der Waals surface area contributed by atoms with E-state index in [4.69, 9.17) is 0 Å². The topological polar surface area (TPSA) is 24.1 Å². The molecule has 2 rings (SSSR count). The molecule has 2 nitrogen and oxygen atoms in total. The third-order valence-corrected chi connectivity index (χ3v) is 2.37. The van der Waals surface area contributed by atoms with E-state index in [1.807, 2.05) is 0 Å². The normalized spacial score (nSPS) is 23.7.